The van der Waals surface area contributed by atoms with E-state index in [4.69, 9.17) is 5.11 Å². The van der Waals surface area contributed by atoms with Gasteiger partial charge < -0.3 is 14.9 Å². The molecule has 2 aromatic rings. The summed E-state index contributed by atoms with van der Waals surface area (Å²) in [6.07, 6.45) is 13.1. The zero-order chi connectivity index (χ0) is 31.9. The average Bonchev–Trinajstić information content (AvgIpc) is 3.07. The summed E-state index contributed by atoms with van der Waals surface area (Å²) in [7, 11) is 0. The topological polar surface area (TPSA) is 84.3 Å². The van der Waals surface area contributed by atoms with Crippen molar-refractivity contribution in [2.45, 2.75) is 67.7 Å². The van der Waals surface area contributed by atoms with Crippen LogP contribution in [0.2, 0.25) is 0 Å². The molecule has 1 aliphatic heterocycles. The number of hydrogen-bond acceptors (Lipinski definition) is 7. The van der Waals surface area contributed by atoms with Gasteiger partial charge in [-0.05, 0) is 94.7 Å². The van der Waals surface area contributed by atoms with E-state index in [1.807, 2.05) is 68.3 Å². The summed E-state index contributed by atoms with van der Waals surface area (Å²) in [5.41, 5.74) is 6.85. The molecule has 238 valence electrons. The largest absolute Gasteiger partial charge is 0.516 e. The number of benzene rings is 1. The SMILES string of the molecule is C/C=C/C=N/Nc1ncc(-c2cccc(C(=O)N3CCN(CCCN(CC)CCC)CC3)c2)cc1CC.C/C=C/O.CC. The molecule has 0 spiro atoms. The molecule has 0 bridgehead atoms. The minimum absolute atomic E-state index is 0.113. The number of carbonyl (C=O) groups excluding carboxylic acids is 1. The molecule has 3 rings (SSSR count). The molecule has 1 aromatic heterocycles. The van der Waals surface area contributed by atoms with E-state index < -0.39 is 0 Å². The van der Waals surface area contributed by atoms with E-state index in [0.717, 1.165) is 86.6 Å². The van der Waals surface area contributed by atoms with Gasteiger partial charge in [0.05, 0.1) is 6.26 Å². The van der Waals surface area contributed by atoms with Gasteiger partial charge in [0.15, 0.2) is 0 Å². The van der Waals surface area contributed by atoms with Crippen molar-refractivity contribution in [3.05, 3.63) is 72.1 Å². The van der Waals surface area contributed by atoms with Gasteiger partial charge in [-0.3, -0.25) is 15.1 Å². The third-order valence-corrected chi connectivity index (χ3v) is 7.06. The van der Waals surface area contributed by atoms with Gasteiger partial charge in [0.25, 0.3) is 5.91 Å². The van der Waals surface area contributed by atoms with Crippen LogP contribution in [0.3, 0.4) is 0 Å². The van der Waals surface area contributed by atoms with Crippen molar-refractivity contribution < 1.29 is 9.90 Å². The number of pyridine rings is 1. The van der Waals surface area contributed by atoms with E-state index in [1.54, 1.807) is 19.2 Å². The predicted octanol–water partition coefficient (Wildman–Crippen LogP) is 7.27. The highest BCUT2D eigenvalue weighted by molar-refractivity contribution is 5.95. The second-order valence-corrected chi connectivity index (χ2v) is 9.99. The standard InChI is InChI=1S/C30H44N6O.C3H6O.C2H6/c1-5-9-14-32-33-29-25(7-3)22-28(24-31-29)26-12-10-13-27(23-26)30(37)36-20-18-35(19-21-36)17-11-16-34(8-4)15-6-2;1-2-3-4;1-2/h5,9-10,12-14,22-24H,6-8,11,15-21H2,1-4H3,(H,31,33);2-4H,1H3;1-2H3/b9-5+,32-14+;3-2+;. The van der Waals surface area contributed by atoms with Gasteiger partial charge in [0.2, 0.25) is 0 Å². The van der Waals surface area contributed by atoms with Crippen molar-refractivity contribution in [2.75, 3.05) is 57.8 Å². The first-order chi connectivity index (χ1) is 21.0. The fourth-order valence-corrected chi connectivity index (χ4v) is 4.72. The van der Waals surface area contributed by atoms with Gasteiger partial charge in [-0.15, -0.1) is 0 Å². The first kappa shape index (κ1) is 37.5. The van der Waals surface area contributed by atoms with Crippen LogP contribution in [0.15, 0.2) is 66.1 Å². The Balaban J connectivity index is 0.00000142. The number of hydrazone groups is 1. The van der Waals surface area contributed by atoms with Crippen LogP contribution in [0.1, 0.15) is 77.2 Å². The Kier molecular flexibility index (Phi) is 20.1. The average molecular weight is 593 g/mol. The normalized spacial score (nSPS) is 13.7. The van der Waals surface area contributed by atoms with E-state index in [2.05, 4.69) is 52.1 Å². The van der Waals surface area contributed by atoms with Crippen LogP contribution in [0.4, 0.5) is 5.82 Å². The molecule has 0 unspecified atom stereocenters. The van der Waals surface area contributed by atoms with Crippen LogP contribution in [-0.4, -0.2) is 89.3 Å². The molecular weight excluding hydrogens is 536 g/mol. The summed E-state index contributed by atoms with van der Waals surface area (Å²) < 4.78 is 0. The number of carbonyl (C=O) groups is 1. The van der Waals surface area contributed by atoms with E-state index >= 15 is 0 Å². The molecular formula is C35H56N6O2. The Morgan fingerprint density at radius 1 is 1.05 bits per heavy atom. The maximum Gasteiger partial charge on any atom is 0.253 e. The number of nitrogens with one attached hydrogen (secondary N) is 1. The van der Waals surface area contributed by atoms with Crippen LogP contribution < -0.4 is 5.43 Å². The van der Waals surface area contributed by atoms with Crippen molar-refractivity contribution in [1.82, 2.24) is 19.7 Å². The summed E-state index contributed by atoms with van der Waals surface area (Å²) in [5, 5.41) is 11.9. The Bertz CT molecular complexity index is 1120. The second kappa shape index (κ2) is 23.0. The summed E-state index contributed by atoms with van der Waals surface area (Å²) in [5.74, 6) is 0.867. The summed E-state index contributed by atoms with van der Waals surface area (Å²) >= 11 is 0. The highest BCUT2D eigenvalue weighted by Gasteiger charge is 2.22. The third kappa shape index (κ3) is 13.6. The Morgan fingerprint density at radius 3 is 2.37 bits per heavy atom. The molecule has 0 radical (unpaired) electrons. The Labute approximate surface area is 261 Å². The lowest BCUT2D eigenvalue weighted by molar-refractivity contribution is 0.0632. The van der Waals surface area contributed by atoms with Gasteiger partial charge in [-0.1, -0.05) is 58.9 Å². The van der Waals surface area contributed by atoms with Gasteiger partial charge in [-0.25, -0.2) is 4.98 Å². The monoisotopic (exact) mass is 592 g/mol. The Morgan fingerprint density at radius 2 is 1.77 bits per heavy atom. The summed E-state index contributed by atoms with van der Waals surface area (Å²) in [6.45, 7) is 22.3. The van der Waals surface area contributed by atoms with E-state index in [9.17, 15) is 4.79 Å². The number of aromatic nitrogens is 1. The smallest absolute Gasteiger partial charge is 0.253 e. The van der Waals surface area contributed by atoms with Gasteiger partial charge in [-0.2, -0.15) is 5.10 Å². The molecule has 1 aliphatic rings. The molecule has 0 aliphatic carbocycles. The number of aryl methyl sites for hydroxylation is 1. The van der Waals surface area contributed by atoms with Crippen molar-refractivity contribution in [1.29, 1.82) is 0 Å². The minimum Gasteiger partial charge on any atom is -0.516 e. The van der Waals surface area contributed by atoms with E-state index in [1.165, 1.54) is 19.4 Å². The maximum atomic E-state index is 13.3. The molecule has 1 aromatic carbocycles. The van der Waals surface area contributed by atoms with Crippen LogP contribution >= 0.6 is 0 Å². The number of piperazine rings is 1. The van der Waals surface area contributed by atoms with Crippen molar-refractivity contribution in [3.8, 4) is 11.1 Å². The number of rotatable bonds is 13. The molecule has 0 atom stereocenters. The fourth-order valence-electron chi connectivity index (χ4n) is 4.72. The van der Waals surface area contributed by atoms with Crippen LogP contribution in [0, 0.1) is 0 Å². The molecule has 43 heavy (non-hydrogen) atoms. The fraction of sp³-hybridized carbons (Fsp3) is 0.514. The highest BCUT2D eigenvalue weighted by atomic mass is 16.2. The van der Waals surface area contributed by atoms with Crippen LogP contribution in [-0.2, 0) is 6.42 Å². The third-order valence-electron chi connectivity index (χ3n) is 7.06. The molecule has 8 nitrogen and oxygen atoms in total. The number of aliphatic hydroxyl groups excluding tert-OH is 1. The maximum absolute atomic E-state index is 13.3. The van der Waals surface area contributed by atoms with Crippen LogP contribution in [0.25, 0.3) is 11.1 Å². The highest BCUT2D eigenvalue weighted by Crippen LogP contribution is 2.25. The summed E-state index contributed by atoms with van der Waals surface area (Å²) in [4.78, 5) is 24.9. The lowest BCUT2D eigenvalue weighted by Crippen LogP contribution is -2.49. The molecule has 0 saturated carbocycles. The zero-order valence-corrected chi connectivity index (χ0v) is 27.7. The predicted molar refractivity (Wildman–Crippen MR) is 184 cm³/mol. The molecule has 1 amide bonds. The van der Waals surface area contributed by atoms with Crippen molar-refractivity contribution in [3.63, 3.8) is 0 Å². The number of anilines is 1. The number of allylic oxidation sites excluding steroid dienone is 3. The minimum atomic E-state index is 0.113. The number of aliphatic hydroxyl groups is 1. The zero-order valence-electron chi connectivity index (χ0n) is 27.7. The summed E-state index contributed by atoms with van der Waals surface area (Å²) in [6, 6.07) is 10.1. The molecule has 8 heteroatoms. The lowest BCUT2D eigenvalue weighted by atomic mass is 10.0. The van der Waals surface area contributed by atoms with Crippen LogP contribution in [0.5, 0.6) is 0 Å². The number of nitrogens with zero attached hydrogens (tertiary/aromatic N) is 5. The quantitative estimate of drug-likeness (QED) is 0.145. The first-order valence-electron chi connectivity index (χ1n) is 16.0. The molecule has 2 heterocycles. The lowest BCUT2D eigenvalue weighted by Gasteiger charge is -2.35. The Hall–Kier alpha value is -3.49. The van der Waals surface area contributed by atoms with Gasteiger partial charge in [0.1, 0.15) is 5.82 Å². The molecule has 1 fully saturated rings. The molecule has 1 saturated heterocycles. The van der Waals surface area contributed by atoms with Gasteiger partial charge in [0, 0.05) is 49.7 Å². The first-order valence-corrected chi connectivity index (χ1v) is 16.0. The molecule has 2 N–H and O–H groups in total. The number of amides is 1. The van der Waals surface area contributed by atoms with Gasteiger partial charge >= 0.3 is 0 Å². The van der Waals surface area contributed by atoms with Crippen molar-refractivity contribution in [2.24, 2.45) is 5.10 Å². The van der Waals surface area contributed by atoms with E-state index in [-0.39, 0.29) is 5.91 Å². The second-order valence-electron chi connectivity index (χ2n) is 9.99. The van der Waals surface area contributed by atoms with E-state index in [0.29, 0.717) is 0 Å². The number of hydrogen-bond donors (Lipinski definition) is 2. The van der Waals surface area contributed by atoms with Crippen molar-refractivity contribution >= 4 is 17.9 Å².